The number of phenols is 1. The van der Waals surface area contributed by atoms with Gasteiger partial charge in [-0.2, -0.15) is 0 Å². The van der Waals surface area contributed by atoms with Crippen LogP contribution in [0, 0.1) is 0 Å². The molecule has 148 valence electrons. The Morgan fingerprint density at radius 3 is 2.69 bits per heavy atom. The van der Waals surface area contributed by atoms with Crippen molar-refractivity contribution < 1.29 is 24.1 Å². The van der Waals surface area contributed by atoms with Crippen LogP contribution in [0.3, 0.4) is 0 Å². The molecule has 5 heteroatoms. The quantitative estimate of drug-likeness (QED) is 0.696. The summed E-state index contributed by atoms with van der Waals surface area (Å²) in [4.78, 5) is 0. The van der Waals surface area contributed by atoms with Crippen molar-refractivity contribution in [2.75, 3.05) is 13.7 Å². The van der Waals surface area contributed by atoms with Crippen LogP contribution < -0.4 is 18.9 Å². The fraction of sp³-hybridized carbons (Fsp3) is 0.250. The minimum Gasteiger partial charge on any atom is -0.504 e. The molecule has 2 aliphatic rings. The van der Waals surface area contributed by atoms with Gasteiger partial charge >= 0.3 is 0 Å². The average Bonchev–Trinajstić information content (AvgIpc) is 3.03. The molecule has 2 atom stereocenters. The van der Waals surface area contributed by atoms with Gasteiger partial charge in [-0.05, 0) is 30.7 Å². The van der Waals surface area contributed by atoms with E-state index in [2.05, 4.69) is 6.92 Å². The lowest BCUT2D eigenvalue weighted by Crippen LogP contribution is -2.38. The normalized spacial score (nSPS) is 21.2. The second kappa shape index (κ2) is 6.62. The van der Waals surface area contributed by atoms with Gasteiger partial charge in [-0.15, -0.1) is 0 Å². The fourth-order valence-corrected chi connectivity index (χ4v) is 4.20. The molecular weight excluding hydrogens is 368 g/mol. The van der Waals surface area contributed by atoms with Crippen molar-refractivity contribution in [3.05, 3.63) is 77.4 Å². The van der Waals surface area contributed by atoms with Crippen molar-refractivity contribution in [3.8, 4) is 28.7 Å². The highest BCUT2D eigenvalue weighted by atomic mass is 16.5. The number of benzene rings is 3. The van der Waals surface area contributed by atoms with Crippen LogP contribution in [0.25, 0.3) is 0 Å². The van der Waals surface area contributed by atoms with E-state index >= 15 is 0 Å². The minimum atomic E-state index is -0.577. The number of methoxy groups -OCH3 is 1. The van der Waals surface area contributed by atoms with Gasteiger partial charge in [0.05, 0.1) is 19.6 Å². The van der Waals surface area contributed by atoms with Crippen molar-refractivity contribution in [1.82, 2.24) is 0 Å². The van der Waals surface area contributed by atoms with E-state index in [-0.39, 0.29) is 11.7 Å². The fourth-order valence-electron chi connectivity index (χ4n) is 4.20. The Bertz CT molecular complexity index is 1060. The highest BCUT2D eigenvalue weighted by Crippen LogP contribution is 2.57. The van der Waals surface area contributed by atoms with Gasteiger partial charge in [0.25, 0.3) is 0 Å². The molecule has 0 bridgehead atoms. The summed E-state index contributed by atoms with van der Waals surface area (Å²) >= 11 is 0. The number of hydrogen-bond donors (Lipinski definition) is 1. The van der Waals surface area contributed by atoms with Crippen molar-refractivity contribution in [1.29, 1.82) is 0 Å². The lowest BCUT2D eigenvalue weighted by molar-refractivity contribution is 0.0432. The maximum atomic E-state index is 10.6. The highest BCUT2D eigenvalue weighted by Gasteiger charge is 2.51. The van der Waals surface area contributed by atoms with E-state index in [0.717, 1.165) is 28.2 Å². The molecule has 0 saturated heterocycles. The SMILES string of the molecule is COc1ccc2c(c1)OCC1c3cc(O)c(OCc4ccccc4)cc3OC21C. The number of hydrogen-bond acceptors (Lipinski definition) is 5. The molecule has 3 aromatic carbocycles. The molecule has 0 saturated carbocycles. The molecule has 29 heavy (non-hydrogen) atoms. The van der Waals surface area contributed by atoms with E-state index in [9.17, 15) is 5.11 Å². The predicted octanol–water partition coefficient (Wildman–Crippen LogP) is 4.76. The summed E-state index contributed by atoms with van der Waals surface area (Å²) in [7, 11) is 1.64. The van der Waals surface area contributed by atoms with Gasteiger partial charge in [0.2, 0.25) is 0 Å². The molecule has 2 heterocycles. The lowest BCUT2D eigenvalue weighted by atomic mass is 9.79. The Hall–Kier alpha value is -3.34. The molecule has 5 nitrogen and oxygen atoms in total. The van der Waals surface area contributed by atoms with Crippen molar-refractivity contribution in [3.63, 3.8) is 0 Å². The van der Waals surface area contributed by atoms with Gasteiger partial charge in [-0.3, -0.25) is 0 Å². The summed E-state index contributed by atoms with van der Waals surface area (Å²) in [5.74, 6) is 2.72. The molecule has 0 spiro atoms. The van der Waals surface area contributed by atoms with E-state index in [1.54, 1.807) is 19.2 Å². The van der Waals surface area contributed by atoms with Crippen LogP contribution in [0.5, 0.6) is 28.7 Å². The Balaban J connectivity index is 1.46. The molecule has 0 aliphatic carbocycles. The second-order valence-electron chi connectivity index (χ2n) is 7.57. The minimum absolute atomic E-state index is 0.0209. The zero-order valence-corrected chi connectivity index (χ0v) is 16.3. The Morgan fingerprint density at radius 1 is 1.07 bits per heavy atom. The van der Waals surface area contributed by atoms with E-state index < -0.39 is 5.60 Å². The van der Waals surface area contributed by atoms with Crippen LogP contribution >= 0.6 is 0 Å². The second-order valence-corrected chi connectivity index (χ2v) is 7.57. The summed E-state index contributed by atoms with van der Waals surface area (Å²) in [5.41, 5.74) is 2.35. The van der Waals surface area contributed by atoms with Crippen molar-refractivity contribution in [2.24, 2.45) is 0 Å². The largest absolute Gasteiger partial charge is 0.504 e. The van der Waals surface area contributed by atoms with E-state index in [1.807, 2.05) is 48.5 Å². The molecule has 0 fully saturated rings. The highest BCUT2D eigenvalue weighted by molar-refractivity contribution is 5.58. The molecule has 1 N–H and O–H groups in total. The van der Waals surface area contributed by atoms with Crippen LogP contribution in [0.1, 0.15) is 29.5 Å². The predicted molar refractivity (Wildman–Crippen MR) is 108 cm³/mol. The molecule has 0 aromatic heterocycles. The summed E-state index contributed by atoms with van der Waals surface area (Å²) in [6.45, 7) is 2.90. The Kier molecular flexibility index (Phi) is 4.05. The van der Waals surface area contributed by atoms with E-state index in [4.69, 9.17) is 18.9 Å². The molecule has 5 rings (SSSR count). The first-order valence-corrected chi connectivity index (χ1v) is 9.62. The third-order valence-electron chi connectivity index (χ3n) is 5.82. The maximum Gasteiger partial charge on any atom is 0.165 e. The van der Waals surface area contributed by atoms with Crippen LogP contribution in [-0.2, 0) is 12.2 Å². The first kappa shape index (κ1) is 17.7. The van der Waals surface area contributed by atoms with Gasteiger partial charge in [0.1, 0.15) is 29.5 Å². The Morgan fingerprint density at radius 2 is 1.90 bits per heavy atom. The topological polar surface area (TPSA) is 57.2 Å². The number of aromatic hydroxyl groups is 1. The van der Waals surface area contributed by atoms with Crippen LogP contribution in [-0.4, -0.2) is 18.8 Å². The summed E-state index contributed by atoms with van der Waals surface area (Å²) < 4.78 is 23.6. The molecule has 0 amide bonds. The van der Waals surface area contributed by atoms with Crippen LogP contribution in [0.15, 0.2) is 60.7 Å². The van der Waals surface area contributed by atoms with Crippen molar-refractivity contribution in [2.45, 2.75) is 25.0 Å². The molecular formula is C24H22O5. The lowest BCUT2D eigenvalue weighted by Gasteiger charge is -2.37. The van der Waals surface area contributed by atoms with Gasteiger partial charge in [0, 0.05) is 23.3 Å². The molecule has 2 aliphatic heterocycles. The summed E-state index contributed by atoms with van der Waals surface area (Å²) in [5, 5.41) is 10.6. The van der Waals surface area contributed by atoms with Crippen LogP contribution in [0.2, 0.25) is 0 Å². The molecule has 2 unspecified atom stereocenters. The number of phenolic OH excluding ortho intramolecular Hbond substituents is 1. The third kappa shape index (κ3) is 2.85. The Labute approximate surface area is 169 Å². The van der Waals surface area contributed by atoms with E-state index in [0.29, 0.717) is 24.7 Å². The maximum absolute atomic E-state index is 10.6. The molecule has 3 aromatic rings. The first-order chi connectivity index (χ1) is 14.1. The average molecular weight is 390 g/mol. The standard InChI is InChI=1S/C24H22O5/c1-24-18-9-8-16(26-2)10-22(18)28-14-19(24)17-11-20(25)23(12-21(17)29-24)27-13-15-6-4-3-5-7-15/h3-12,19,25H,13-14H2,1-2H3. The van der Waals surface area contributed by atoms with Gasteiger partial charge < -0.3 is 24.1 Å². The van der Waals surface area contributed by atoms with E-state index in [1.165, 1.54) is 0 Å². The monoisotopic (exact) mass is 390 g/mol. The zero-order chi connectivity index (χ0) is 20.0. The zero-order valence-electron chi connectivity index (χ0n) is 16.3. The smallest absolute Gasteiger partial charge is 0.165 e. The number of ether oxygens (including phenoxy) is 4. The molecule has 0 radical (unpaired) electrons. The summed E-state index contributed by atoms with van der Waals surface area (Å²) in [6, 6.07) is 19.1. The van der Waals surface area contributed by atoms with Crippen molar-refractivity contribution >= 4 is 0 Å². The van der Waals surface area contributed by atoms with Crippen LogP contribution in [0.4, 0.5) is 0 Å². The third-order valence-corrected chi connectivity index (χ3v) is 5.82. The number of rotatable bonds is 4. The summed E-state index contributed by atoms with van der Waals surface area (Å²) in [6.07, 6.45) is 0. The first-order valence-electron chi connectivity index (χ1n) is 9.62. The van der Waals surface area contributed by atoms with Gasteiger partial charge in [-0.25, -0.2) is 0 Å². The number of fused-ring (bicyclic) bond motifs is 5. The van der Waals surface area contributed by atoms with Gasteiger partial charge in [0.15, 0.2) is 11.5 Å². The van der Waals surface area contributed by atoms with Gasteiger partial charge in [-0.1, -0.05) is 30.3 Å².